The molecule has 1 unspecified atom stereocenters. The second kappa shape index (κ2) is 6.64. The maximum atomic E-state index is 15.6. The molecule has 6 rings (SSSR count). The number of carbonyl (C=O) groups excluding carboxylic acids is 1. The van der Waals surface area contributed by atoms with Gasteiger partial charge in [0.15, 0.2) is 0 Å². The van der Waals surface area contributed by atoms with Gasteiger partial charge in [0.25, 0.3) is 5.91 Å². The number of carbonyl (C=O) groups is 1. The molecule has 7 heteroatoms. The normalized spacial score (nSPS) is 20.7. The van der Waals surface area contributed by atoms with E-state index in [2.05, 4.69) is 21.5 Å². The highest BCUT2D eigenvalue weighted by atomic mass is 19.1. The van der Waals surface area contributed by atoms with Crippen molar-refractivity contribution in [2.24, 2.45) is 7.05 Å². The lowest BCUT2D eigenvalue weighted by Gasteiger charge is -2.24. The summed E-state index contributed by atoms with van der Waals surface area (Å²) in [6, 6.07) is 7.08. The fraction of sp³-hybridized carbons (Fsp3) is 0.375. The number of nitrogens with one attached hydrogen (secondary N) is 1. The molecule has 158 valence electrons. The minimum Gasteiger partial charge on any atom is -0.369 e. The van der Waals surface area contributed by atoms with Crippen molar-refractivity contribution in [3.05, 3.63) is 65.4 Å². The Kier molecular flexibility index (Phi) is 3.97. The highest BCUT2D eigenvalue weighted by Gasteiger charge is 2.49. The zero-order valence-corrected chi connectivity index (χ0v) is 17.4. The number of likely N-dealkylation sites (tertiary alicyclic amines) is 1. The van der Waals surface area contributed by atoms with Gasteiger partial charge in [-0.25, -0.2) is 9.37 Å². The van der Waals surface area contributed by atoms with Crippen molar-refractivity contribution in [3.8, 4) is 11.1 Å². The number of aryl methyl sites for hydroxylation is 1. The zero-order valence-electron chi connectivity index (χ0n) is 17.4. The van der Waals surface area contributed by atoms with Crippen molar-refractivity contribution < 1.29 is 9.18 Å². The highest BCUT2D eigenvalue weighted by molar-refractivity contribution is 5.96. The van der Waals surface area contributed by atoms with E-state index in [0.717, 1.165) is 49.2 Å². The lowest BCUT2D eigenvalue weighted by molar-refractivity contribution is 0.0731. The van der Waals surface area contributed by atoms with Crippen LogP contribution in [0.1, 0.15) is 53.2 Å². The first-order valence-electron chi connectivity index (χ1n) is 10.9. The van der Waals surface area contributed by atoms with E-state index in [1.54, 1.807) is 40.2 Å². The number of benzene rings is 1. The van der Waals surface area contributed by atoms with Crippen LogP contribution in [0.2, 0.25) is 0 Å². The minimum absolute atomic E-state index is 0.0632. The monoisotopic (exact) mass is 417 g/mol. The van der Waals surface area contributed by atoms with Crippen molar-refractivity contribution in [3.63, 3.8) is 0 Å². The molecule has 31 heavy (non-hydrogen) atoms. The van der Waals surface area contributed by atoms with Gasteiger partial charge in [-0.3, -0.25) is 9.48 Å². The molecule has 2 aliphatic heterocycles. The molecule has 2 aromatic heterocycles. The number of hydrogen-bond acceptors (Lipinski definition) is 4. The number of nitrogens with zero attached hydrogens (tertiary/aromatic N) is 4. The molecule has 1 saturated carbocycles. The van der Waals surface area contributed by atoms with Crippen LogP contribution in [0.3, 0.4) is 0 Å². The topological polar surface area (TPSA) is 63.1 Å². The molecule has 1 spiro atoms. The number of anilines is 1. The molecule has 3 aliphatic rings. The maximum Gasteiger partial charge on any atom is 0.257 e. The van der Waals surface area contributed by atoms with Gasteiger partial charge in [0.05, 0.1) is 17.8 Å². The van der Waals surface area contributed by atoms with E-state index in [1.807, 2.05) is 13.2 Å². The van der Waals surface area contributed by atoms with E-state index in [4.69, 9.17) is 0 Å². The molecule has 1 aliphatic carbocycles. The molecule has 1 N–H and O–H groups in total. The lowest BCUT2D eigenvalue weighted by atomic mass is 9.95. The summed E-state index contributed by atoms with van der Waals surface area (Å²) in [6.45, 7) is 1.53. The Balaban J connectivity index is 1.35. The van der Waals surface area contributed by atoms with Crippen LogP contribution in [0.4, 0.5) is 10.2 Å². The molecule has 2 fully saturated rings. The first-order chi connectivity index (χ1) is 15.1. The fourth-order valence-electron chi connectivity index (χ4n) is 5.15. The summed E-state index contributed by atoms with van der Waals surface area (Å²) >= 11 is 0. The number of rotatable bonds is 3. The van der Waals surface area contributed by atoms with Crippen molar-refractivity contribution in [1.29, 1.82) is 0 Å². The molecule has 1 atom stereocenters. The van der Waals surface area contributed by atoms with Crippen LogP contribution in [0.25, 0.3) is 11.1 Å². The molecule has 1 saturated heterocycles. The second-order valence-electron chi connectivity index (χ2n) is 9.03. The molecule has 4 heterocycles. The lowest BCUT2D eigenvalue weighted by Crippen LogP contribution is -2.31. The van der Waals surface area contributed by atoms with Gasteiger partial charge in [-0.05, 0) is 37.8 Å². The van der Waals surface area contributed by atoms with E-state index in [-0.39, 0.29) is 22.9 Å². The summed E-state index contributed by atoms with van der Waals surface area (Å²) in [5, 5.41) is 7.60. The molecular formula is C24H24FN5O. The van der Waals surface area contributed by atoms with E-state index < -0.39 is 5.82 Å². The first kappa shape index (κ1) is 18.5. The Bertz CT molecular complexity index is 1200. The predicted octanol–water partition coefficient (Wildman–Crippen LogP) is 4.06. The SMILES string of the molecule is Cn1cc(C2CCCN2C(=O)c2cccc(-c3cnc4c(c3)C3(CC3)CN4)c2F)cn1. The summed E-state index contributed by atoms with van der Waals surface area (Å²) in [6.07, 6.45) is 9.48. The Morgan fingerprint density at radius 1 is 1.29 bits per heavy atom. The fourth-order valence-corrected chi connectivity index (χ4v) is 5.15. The smallest absolute Gasteiger partial charge is 0.257 e. The van der Waals surface area contributed by atoms with E-state index in [1.165, 1.54) is 5.56 Å². The van der Waals surface area contributed by atoms with Crippen LogP contribution in [-0.2, 0) is 12.5 Å². The van der Waals surface area contributed by atoms with Gasteiger partial charge in [0.1, 0.15) is 11.6 Å². The third kappa shape index (κ3) is 2.86. The number of hydrogen-bond donors (Lipinski definition) is 1. The molecule has 6 nitrogen and oxygen atoms in total. The third-order valence-corrected chi connectivity index (χ3v) is 7.07. The van der Waals surface area contributed by atoms with Crippen LogP contribution in [0, 0.1) is 5.82 Å². The molecule has 1 aromatic carbocycles. The first-order valence-corrected chi connectivity index (χ1v) is 10.9. The number of aromatic nitrogens is 3. The number of halogens is 1. The number of amides is 1. The molecule has 3 aromatic rings. The van der Waals surface area contributed by atoms with Gasteiger partial charge in [0, 0.05) is 60.2 Å². The van der Waals surface area contributed by atoms with E-state index >= 15 is 4.39 Å². The van der Waals surface area contributed by atoms with Crippen LogP contribution in [0.5, 0.6) is 0 Å². The molecular weight excluding hydrogens is 393 g/mol. The third-order valence-electron chi connectivity index (χ3n) is 7.07. The van der Waals surface area contributed by atoms with Crippen LogP contribution >= 0.6 is 0 Å². The quantitative estimate of drug-likeness (QED) is 0.698. The standard InChI is InChI=1S/C24H24FN5O/c1-29-13-16(12-28-29)20-6-3-9-30(20)23(31)18-5-2-4-17(21(18)25)15-10-19-22(26-11-15)27-14-24(19)7-8-24/h2,4-5,10-13,20H,3,6-9,14H2,1H3,(H,26,27). The highest BCUT2D eigenvalue weighted by Crippen LogP contribution is 2.54. The average molecular weight is 417 g/mol. The summed E-state index contributed by atoms with van der Waals surface area (Å²) in [4.78, 5) is 19.7. The van der Waals surface area contributed by atoms with E-state index in [0.29, 0.717) is 12.1 Å². The zero-order chi connectivity index (χ0) is 21.2. The van der Waals surface area contributed by atoms with Gasteiger partial charge in [0.2, 0.25) is 0 Å². The van der Waals surface area contributed by atoms with Crippen molar-refractivity contribution >= 4 is 11.7 Å². The van der Waals surface area contributed by atoms with Crippen molar-refractivity contribution in [2.75, 3.05) is 18.4 Å². The average Bonchev–Trinajstić information content (AvgIpc) is 3.08. The molecule has 0 bridgehead atoms. The van der Waals surface area contributed by atoms with Crippen LogP contribution in [-0.4, -0.2) is 38.7 Å². The minimum atomic E-state index is -0.470. The summed E-state index contributed by atoms with van der Waals surface area (Å²) < 4.78 is 17.4. The second-order valence-corrected chi connectivity index (χ2v) is 9.03. The Morgan fingerprint density at radius 3 is 2.94 bits per heavy atom. The van der Waals surface area contributed by atoms with Crippen LogP contribution in [0.15, 0.2) is 42.9 Å². The van der Waals surface area contributed by atoms with Gasteiger partial charge in [-0.15, -0.1) is 0 Å². The maximum absolute atomic E-state index is 15.6. The Labute approximate surface area is 180 Å². The Hall–Kier alpha value is -3.22. The van der Waals surface area contributed by atoms with Crippen molar-refractivity contribution in [2.45, 2.75) is 37.1 Å². The van der Waals surface area contributed by atoms with Gasteiger partial charge < -0.3 is 10.2 Å². The number of pyridine rings is 1. The molecule has 1 amide bonds. The van der Waals surface area contributed by atoms with Gasteiger partial charge in [-0.2, -0.15) is 5.10 Å². The Morgan fingerprint density at radius 2 is 2.16 bits per heavy atom. The predicted molar refractivity (Wildman–Crippen MR) is 115 cm³/mol. The van der Waals surface area contributed by atoms with Crippen LogP contribution < -0.4 is 5.32 Å². The van der Waals surface area contributed by atoms with Gasteiger partial charge in [-0.1, -0.05) is 12.1 Å². The molecule has 0 radical (unpaired) electrons. The van der Waals surface area contributed by atoms with Gasteiger partial charge >= 0.3 is 0 Å². The van der Waals surface area contributed by atoms with Crippen molar-refractivity contribution in [1.82, 2.24) is 19.7 Å². The summed E-state index contributed by atoms with van der Waals surface area (Å²) in [5.74, 6) is 0.173. The summed E-state index contributed by atoms with van der Waals surface area (Å²) in [5.41, 5.74) is 3.63. The number of fused-ring (bicyclic) bond motifs is 2. The van der Waals surface area contributed by atoms with E-state index in [9.17, 15) is 4.79 Å². The summed E-state index contributed by atoms with van der Waals surface area (Å²) in [7, 11) is 1.86. The largest absolute Gasteiger partial charge is 0.369 e.